The van der Waals surface area contributed by atoms with E-state index in [1.54, 1.807) is 6.07 Å². The lowest BCUT2D eigenvalue weighted by Crippen LogP contribution is -2.37. The predicted octanol–water partition coefficient (Wildman–Crippen LogP) is 3.29. The summed E-state index contributed by atoms with van der Waals surface area (Å²) in [7, 11) is 0. The van der Waals surface area contributed by atoms with Crippen molar-refractivity contribution in [2.75, 3.05) is 6.54 Å². The number of benzene rings is 2. The fourth-order valence-corrected chi connectivity index (χ4v) is 2.79. The van der Waals surface area contributed by atoms with Gasteiger partial charge in [0.1, 0.15) is 6.54 Å². The number of amides is 1. The van der Waals surface area contributed by atoms with Gasteiger partial charge < -0.3 is 10.0 Å². The van der Waals surface area contributed by atoms with Gasteiger partial charge in [-0.25, -0.2) is 0 Å². The number of fused-ring (bicyclic) bond motifs is 1. The zero-order valence-corrected chi connectivity index (χ0v) is 12.8. The molecular formula is C16H14BrNO3. The molecule has 0 spiro atoms. The Hall–Kier alpha value is -1.88. The Kier molecular flexibility index (Phi) is 3.68. The van der Waals surface area contributed by atoms with Gasteiger partial charge in [-0.3, -0.25) is 9.59 Å². The van der Waals surface area contributed by atoms with Crippen LogP contribution < -0.4 is 0 Å². The first-order valence-corrected chi connectivity index (χ1v) is 7.56. The molecule has 2 aromatic rings. The van der Waals surface area contributed by atoms with Crippen molar-refractivity contribution >= 4 is 38.6 Å². The number of carbonyl (C=O) groups is 2. The maximum atomic E-state index is 12.5. The van der Waals surface area contributed by atoms with Crippen molar-refractivity contribution in [2.24, 2.45) is 0 Å². The van der Waals surface area contributed by atoms with E-state index in [0.717, 1.165) is 28.1 Å². The highest BCUT2D eigenvalue weighted by atomic mass is 79.9. The standard InChI is InChI=1S/C16H14BrNO3/c17-13-4-3-10-7-12(2-1-11(10)8-13)16(21)18(9-15(19)20)14-5-6-14/h1-4,7-8,14H,5-6,9H2,(H,19,20). The minimum absolute atomic E-state index is 0.0780. The number of rotatable bonds is 4. The molecule has 0 bridgehead atoms. The van der Waals surface area contributed by atoms with E-state index in [9.17, 15) is 9.59 Å². The molecule has 4 nitrogen and oxygen atoms in total. The second-order valence-electron chi connectivity index (χ2n) is 5.26. The van der Waals surface area contributed by atoms with Gasteiger partial charge in [0.2, 0.25) is 0 Å². The van der Waals surface area contributed by atoms with Gasteiger partial charge >= 0.3 is 5.97 Å². The second-order valence-corrected chi connectivity index (χ2v) is 6.18. The second kappa shape index (κ2) is 5.48. The van der Waals surface area contributed by atoms with Gasteiger partial charge in [0.15, 0.2) is 0 Å². The molecule has 2 aromatic carbocycles. The fourth-order valence-electron chi connectivity index (χ4n) is 2.41. The Bertz CT molecular complexity index is 725. The van der Waals surface area contributed by atoms with Crippen molar-refractivity contribution in [3.8, 4) is 0 Å². The third kappa shape index (κ3) is 3.08. The molecule has 0 heterocycles. The van der Waals surface area contributed by atoms with Gasteiger partial charge in [-0.2, -0.15) is 0 Å². The maximum absolute atomic E-state index is 12.5. The zero-order valence-electron chi connectivity index (χ0n) is 11.3. The Morgan fingerprint density at radius 1 is 1.14 bits per heavy atom. The Morgan fingerprint density at radius 3 is 2.48 bits per heavy atom. The highest BCUT2D eigenvalue weighted by Gasteiger charge is 2.34. The van der Waals surface area contributed by atoms with Crippen molar-refractivity contribution in [3.05, 3.63) is 46.4 Å². The molecule has 1 aliphatic rings. The first-order chi connectivity index (χ1) is 10.0. The smallest absolute Gasteiger partial charge is 0.323 e. The van der Waals surface area contributed by atoms with Crippen LogP contribution in [0, 0.1) is 0 Å². The molecule has 21 heavy (non-hydrogen) atoms. The van der Waals surface area contributed by atoms with Crippen molar-refractivity contribution in [1.29, 1.82) is 0 Å². The molecule has 1 N–H and O–H groups in total. The summed E-state index contributed by atoms with van der Waals surface area (Å²) in [5.41, 5.74) is 0.540. The van der Waals surface area contributed by atoms with E-state index in [4.69, 9.17) is 5.11 Å². The van der Waals surface area contributed by atoms with E-state index in [0.29, 0.717) is 5.56 Å². The molecule has 0 unspecified atom stereocenters. The van der Waals surface area contributed by atoms with Crippen LogP contribution in [0.3, 0.4) is 0 Å². The summed E-state index contributed by atoms with van der Waals surface area (Å²) in [5, 5.41) is 11.0. The maximum Gasteiger partial charge on any atom is 0.323 e. The number of carbonyl (C=O) groups excluding carboxylic acids is 1. The predicted molar refractivity (Wildman–Crippen MR) is 83.3 cm³/mol. The molecule has 108 valence electrons. The van der Waals surface area contributed by atoms with E-state index in [1.807, 2.05) is 30.3 Å². The normalized spacial score (nSPS) is 14.1. The number of halogens is 1. The summed E-state index contributed by atoms with van der Waals surface area (Å²) in [6.07, 6.45) is 1.78. The lowest BCUT2D eigenvalue weighted by Gasteiger charge is -2.20. The van der Waals surface area contributed by atoms with Crippen LogP contribution in [0.5, 0.6) is 0 Å². The molecule has 1 amide bonds. The van der Waals surface area contributed by atoms with Crippen LogP contribution in [-0.4, -0.2) is 34.5 Å². The van der Waals surface area contributed by atoms with E-state index in [1.165, 1.54) is 4.90 Å². The van der Waals surface area contributed by atoms with Crippen LogP contribution in [0.4, 0.5) is 0 Å². The third-order valence-corrected chi connectivity index (χ3v) is 4.10. The lowest BCUT2D eigenvalue weighted by atomic mass is 10.1. The van der Waals surface area contributed by atoms with Gasteiger partial charge in [0.25, 0.3) is 5.91 Å². The largest absolute Gasteiger partial charge is 0.480 e. The van der Waals surface area contributed by atoms with E-state index in [2.05, 4.69) is 15.9 Å². The Morgan fingerprint density at radius 2 is 1.81 bits per heavy atom. The van der Waals surface area contributed by atoms with Gasteiger partial charge in [-0.15, -0.1) is 0 Å². The molecule has 1 saturated carbocycles. The van der Waals surface area contributed by atoms with Gasteiger partial charge in [0, 0.05) is 16.1 Å². The molecule has 1 aliphatic carbocycles. The highest BCUT2D eigenvalue weighted by Crippen LogP contribution is 2.29. The van der Waals surface area contributed by atoms with E-state index < -0.39 is 5.97 Å². The zero-order chi connectivity index (χ0) is 15.0. The van der Waals surface area contributed by atoms with Crippen LogP contribution >= 0.6 is 15.9 Å². The van der Waals surface area contributed by atoms with Crippen molar-refractivity contribution < 1.29 is 14.7 Å². The first kappa shape index (κ1) is 14.1. The van der Waals surface area contributed by atoms with Crippen molar-refractivity contribution in [2.45, 2.75) is 18.9 Å². The van der Waals surface area contributed by atoms with Crippen LogP contribution in [0.2, 0.25) is 0 Å². The minimum atomic E-state index is -0.972. The van der Waals surface area contributed by atoms with Gasteiger partial charge in [-0.05, 0) is 47.9 Å². The van der Waals surface area contributed by atoms with E-state index in [-0.39, 0.29) is 18.5 Å². The van der Waals surface area contributed by atoms with Crippen LogP contribution in [-0.2, 0) is 4.79 Å². The molecule has 0 atom stereocenters. The number of carboxylic acids is 1. The average Bonchev–Trinajstić information content (AvgIpc) is 3.27. The lowest BCUT2D eigenvalue weighted by molar-refractivity contribution is -0.137. The number of aliphatic carboxylic acids is 1. The summed E-state index contributed by atoms with van der Waals surface area (Å²) >= 11 is 3.42. The monoisotopic (exact) mass is 347 g/mol. The van der Waals surface area contributed by atoms with Gasteiger partial charge in [0.05, 0.1) is 0 Å². The quantitative estimate of drug-likeness (QED) is 0.923. The van der Waals surface area contributed by atoms with Crippen LogP contribution in [0.25, 0.3) is 10.8 Å². The number of carboxylic acid groups (broad SMARTS) is 1. The summed E-state index contributed by atoms with van der Waals surface area (Å²) in [6.45, 7) is -0.234. The van der Waals surface area contributed by atoms with E-state index >= 15 is 0 Å². The minimum Gasteiger partial charge on any atom is -0.480 e. The number of hydrogen-bond acceptors (Lipinski definition) is 2. The number of hydrogen-bond donors (Lipinski definition) is 1. The summed E-state index contributed by atoms with van der Waals surface area (Å²) in [6, 6.07) is 11.4. The Labute approximate surface area is 130 Å². The first-order valence-electron chi connectivity index (χ1n) is 6.76. The highest BCUT2D eigenvalue weighted by molar-refractivity contribution is 9.10. The van der Waals surface area contributed by atoms with Crippen LogP contribution in [0.1, 0.15) is 23.2 Å². The van der Waals surface area contributed by atoms with Gasteiger partial charge in [-0.1, -0.05) is 28.1 Å². The molecule has 0 radical (unpaired) electrons. The van der Waals surface area contributed by atoms with Crippen LogP contribution in [0.15, 0.2) is 40.9 Å². The molecule has 3 rings (SSSR count). The molecule has 0 aromatic heterocycles. The SMILES string of the molecule is O=C(O)CN(C(=O)c1ccc2cc(Br)ccc2c1)C1CC1. The fraction of sp³-hybridized carbons (Fsp3) is 0.250. The third-order valence-electron chi connectivity index (χ3n) is 3.60. The summed E-state index contributed by atoms with van der Waals surface area (Å²) in [5.74, 6) is -1.18. The summed E-state index contributed by atoms with van der Waals surface area (Å²) in [4.78, 5) is 24.9. The molecule has 0 aliphatic heterocycles. The number of nitrogens with zero attached hydrogens (tertiary/aromatic N) is 1. The molecule has 1 fully saturated rings. The molecular weight excluding hydrogens is 334 g/mol. The molecule has 0 saturated heterocycles. The topological polar surface area (TPSA) is 57.6 Å². The average molecular weight is 348 g/mol. The summed E-state index contributed by atoms with van der Waals surface area (Å²) < 4.78 is 0.986. The van der Waals surface area contributed by atoms with Crippen molar-refractivity contribution in [1.82, 2.24) is 4.90 Å². The van der Waals surface area contributed by atoms with Crippen molar-refractivity contribution in [3.63, 3.8) is 0 Å². The Balaban J connectivity index is 1.92. The molecule has 5 heteroatoms.